The fourth-order valence-corrected chi connectivity index (χ4v) is 2.06. The van der Waals surface area contributed by atoms with Crippen LogP contribution in [0.15, 0.2) is 60.2 Å². The number of ketones is 1. The van der Waals surface area contributed by atoms with Gasteiger partial charge in [0.05, 0.1) is 11.5 Å². The SMILES string of the molecule is O=C(CCl)/C(=C/c1ccc(Cl)cc1)C(=O)Nc1ccccc1. The average molecular weight is 334 g/mol. The van der Waals surface area contributed by atoms with Gasteiger partial charge in [0.2, 0.25) is 0 Å². The van der Waals surface area contributed by atoms with Gasteiger partial charge in [-0.15, -0.1) is 11.6 Å². The van der Waals surface area contributed by atoms with E-state index in [9.17, 15) is 9.59 Å². The van der Waals surface area contributed by atoms with Crippen LogP contribution in [-0.4, -0.2) is 17.6 Å². The van der Waals surface area contributed by atoms with Gasteiger partial charge in [-0.2, -0.15) is 0 Å². The van der Waals surface area contributed by atoms with Crippen LogP contribution in [0, 0.1) is 0 Å². The third kappa shape index (κ3) is 4.45. The number of carbonyl (C=O) groups excluding carboxylic acids is 2. The van der Waals surface area contributed by atoms with Crippen LogP contribution in [0.25, 0.3) is 6.08 Å². The Morgan fingerprint density at radius 2 is 1.64 bits per heavy atom. The van der Waals surface area contributed by atoms with Gasteiger partial charge < -0.3 is 5.32 Å². The van der Waals surface area contributed by atoms with Crippen molar-refractivity contribution >= 4 is 46.7 Å². The molecule has 112 valence electrons. The first-order valence-electron chi connectivity index (χ1n) is 6.53. The van der Waals surface area contributed by atoms with Gasteiger partial charge in [-0.1, -0.05) is 41.9 Å². The summed E-state index contributed by atoms with van der Waals surface area (Å²) in [6.45, 7) is 0. The Kier molecular flexibility index (Phi) is 5.75. The van der Waals surface area contributed by atoms with Crippen molar-refractivity contribution in [2.45, 2.75) is 0 Å². The van der Waals surface area contributed by atoms with E-state index in [4.69, 9.17) is 23.2 Å². The molecular formula is C17H13Cl2NO2. The molecule has 0 fully saturated rings. The molecule has 22 heavy (non-hydrogen) atoms. The number of alkyl halides is 1. The van der Waals surface area contributed by atoms with Gasteiger partial charge in [0.25, 0.3) is 5.91 Å². The smallest absolute Gasteiger partial charge is 0.259 e. The molecule has 0 aliphatic rings. The van der Waals surface area contributed by atoms with Crippen molar-refractivity contribution in [1.29, 1.82) is 0 Å². The lowest BCUT2D eigenvalue weighted by Gasteiger charge is -2.07. The number of hydrogen-bond donors (Lipinski definition) is 1. The zero-order valence-corrected chi connectivity index (χ0v) is 13.1. The lowest BCUT2D eigenvalue weighted by Crippen LogP contribution is -2.21. The summed E-state index contributed by atoms with van der Waals surface area (Å²) < 4.78 is 0. The molecule has 5 heteroatoms. The largest absolute Gasteiger partial charge is 0.322 e. The van der Waals surface area contributed by atoms with E-state index in [2.05, 4.69) is 5.32 Å². The minimum absolute atomic E-state index is 0.00109. The lowest BCUT2D eigenvalue weighted by atomic mass is 10.1. The van der Waals surface area contributed by atoms with Gasteiger partial charge in [0.15, 0.2) is 5.78 Å². The second-order valence-corrected chi connectivity index (χ2v) is 5.19. The molecule has 3 nitrogen and oxygen atoms in total. The van der Waals surface area contributed by atoms with Crippen molar-refractivity contribution in [3.05, 3.63) is 70.8 Å². The van der Waals surface area contributed by atoms with Crippen molar-refractivity contribution in [1.82, 2.24) is 0 Å². The van der Waals surface area contributed by atoms with E-state index in [-0.39, 0.29) is 11.5 Å². The summed E-state index contributed by atoms with van der Waals surface area (Å²) in [4.78, 5) is 24.2. The molecule has 0 saturated carbocycles. The van der Waals surface area contributed by atoms with Crippen molar-refractivity contribution in [3.8, 4) is 0 Å². The Morgan fingerprint density at radius 1 is 1.00 bits per heavy atom. The zero-order chi connectivity index (χ0) is 15.9. The fraction of sp³-hybridized carbons (Fsp3) is 0.0588. The highest BCUT2D eigenvalue weighted by molar-refractivity contribution is 6.37. The first kappa shape index (κ1) is 16.3. The highest BCUT2D eigenvalue weighted by Gasteiger charge is 2.17. The lowest BCUT2D eigenvalue weighted by molar-refractivity contribution is -0.118. The van der Waals surface area contributed by atoms with Crippen LogP contribution >= 0.6 is 23.2 Å². The number of nitrogens with one attached hydrogen (secondary N) is 1. The summed E-state index contributed by atoms with van der Waals surface area (Å²) in [6.07, 6.45) is 1.50. The summed E-state index contributed by atoms with van der Waals surface area (Å²) in [5, 5.41) is 3.26. The second-order valence-electron chi connectivity index (χ2n) is 4.49. The molecule has 0 bridgehead atoms. The van der Waals surface area contributed by atoms with Crippen LogP contribution in [0.1, 0.15) is 5.56 Å². The number of benzene rings is 2. The van der Waals surface area contributed by atoms with E-state index in [1.807, 2.05) is 6.07 Å². The van der Waals surface area contributed by atoms with Crippen LogP contribution in [0.4, 0.5) is 5.69 Å². The number of rotatable bonds is 5. The average Bonchev–Trinajstić information content (AvgIpc) is 2.54. The first-order chi connectivity index (χ1) is 10.6. The van der Waals surface area contributed by atoms with E-state index in [0.717, 1.165) is 0 Å². The predicted molar refractivity (Wildman–Crippen MR) is 90.2 cm³/mol. The first-order valence-corrected chi connectivity index (χ1v) is 7.44. The highest BCUT2D eigenvalue weighted by atomic mass is 35.5. The Bertz CT molecular complexity index is 694. The van der Waals surface area contributed by atoms with Crippen LogP contribution in [-0.2, 0) is 9.59 Å². The van der Waals surface area contributed by atoms with Gasteiger partial charge in [-0.05, 0) is 35.9 Å². The van der Waals surface area contributed by atoms with Gasteiger partial charge in [0, 0.05) is 10.7 Å². The van der Waals surface area contributed by atoms with E-state index < -0.39 is 11.7 Å². The number of para-hydroxylation sites is 1. The topological polar surface area (TPSA) is 46.2 Å². The van der Waals surface area contributed by atoms with Crippen LogP contribution in [0.5, 0.6) is 0 Å². The van der Waals surface area contributed by atoms with Crippen molar-refractivity contribution in [3.63, 3.8) is 0 Å². The highest BCUT2D eigenvalue weighted by Crippen LogP contribution is 2.15. The van der Waals surface area contributed by atoms with E-state index in [1.54, 1.807) is 48.5 Å². The molecule has 0 unspecified atom stereocenters. The van der Waals surface area contributed by atoms with E-state index in [0.29, 0.717) is 16.3 Å². The molecule has 0 heterocycles. The maximum absolute atomic E-state index is 12.3. The van der Waals surface area contributed by atoms with Gasteiger partial charge >= 0.3 is 0 Å². The molecule has 0 aliphatic carbocycles. The number of amides is 1. The molecular weight excluding hydrogens is 321 g/mol. The minimum atomic E-state index is -0.494. The number of anilines is 1. The van der Waals surface area contributed by atoms with Crippen LogP contribution < -0.4 is 5.32 Å². The number of carbonyl (C=O) groups is 2. The number of hydrogen-bond acceptors (Lipinski definition) is 2. The number of halogens is 2. The molecule has 0 atom stereocenters. The molecule has 0 saturated heterocycles. The van der Waals surface area contributed by atoms with Gasteiger partial charge in [-0.25, -0.2) is 0 Å². The summed E-state index contributed by atoms with van der Waals surface area (Å²) in [5.41, 5.74) is 1.30. The van der Waals surface area contributed by atoms with Crippen molar-refractivity contribution in [2.24, 2.45) is 0 Å². The summed E-state index contributed by atoms with van der Waals surface area (Å²) >= 11 is 11.4. The zero-order valence-electron chi connectivity index (χ0n) is 11.6. The molecule has 2 aromatic rings. The van der Waals surface area contributed by atoms with Gasteiger partial charge in [-0.3, -0.25) is 9.59 Å². The Labute approximate surface area is 138 Å². The standard InChI is InChI=1S/C17H13Cl2NO2/c18-11-16(21)15(10-12-6-8-13(19)9-7-12)17(22)20-14-4-2-1-3-5-14/h1-10H,11H2,(H,20,22)/b15-10-. The van der Waals surface area contributed by atoms with E-state index >= 15 is 0 Å². The number of Topliss-reactive ketones (excluding diaryl/α,β-unsaturated/α-hetero) is 1. The molecule has 0 radical (unpaired) electrons. The molecule has 2 rings (SSSR count). The Hall–Kier alpha value is -2.10. The Morgan fingerprint density at radius 3 is 2.23 bits per heavy atom. The second kappa shape index (κ2) is 7.78. The van der Waals surface area contributed by atoms with Crippen molar-refractivity contribution in [2.75, 3.05) is 11.2 Å². The molecule has 0 aromatic heterocycles. The molecule has 0 spiro atoms. The summed E-state index contributed by atoms with van der Waals surface area (Å²) in [6, 6.07) is 15.7. The molecule has 0 aliphatic heterocycles. The predicted octanol–water partition coefficient (Wildman–Crippen LogP) is 4.17. The summed E-state index contributed by atoms with van der Waals surface area (Å²) in [5.74, 6) is -1.20. The van der Waals surface area contributed by atoms with E-state index in [1.165, 1.54) is 6.08 Å². The minimum Gasteiger partial charge on any atom is -0.322 e. The molecule has 1 N–H and O–H groups in total. The molecule has 1 amide bonds. The monoisotopic (exact) mass is 333 g/mol. The quantitative estimate of drug-likeness (QED) is 0.386. The van der Waals surface area contributed by atoms with Crippen molar-refractivity contribution < 1.29 is 9.59 Å². The van der Waals surface area contributed by atoms with Crippen LogP contribution in [0.3, 0.4) is 0 Å². The van der Waals surface area contributed by atoms with Crippen LogP contribution in [0.2, 0.25) is 5.02 Å². The maximum Gasteiger partial charge on any atom is 0.259 e. The maximum atomic E-state index is 12.3. The fourth-order valence-electron chi connectivity index (χ4n) is 1.79. The summed E-state index contributed by atoms with van der Waals surface area (Å²) in [7, 11) is 0. The van der Waals surface area contributed by atoms with Gasteiger partial charge in [0.1, 0.15) is 0 Å². The third-order valence-electron chi connectivity index (χ3n) is 2.88. The third-order valence-corrected chi connectivity index (χ3v) is 3.37. The molecule has 2 aromatic carbocycles. The normalized spacial score (nSPS) is 11.1. The Balaban J connectivity index is 2.27.